The Kier molecular flexibility index (Phi) is 6.82. The molecule has 0 amide bonds. The lowest BCUT2D eigenvalue weighted by atomic mass is 10.0. The van der Waals surface area contributed by atoms with Crippen LogP contribution in [0.5, 0.6) is 0 Å². The van der Waals surface area contributed by atoms with Crippen LogP contribution in [0.4, 0.5) is 0 Å². The first-order valence-corrected chi connectivity index (χ1v) is 18.2. The Morgan fingerprint density at radius 3 is 1.65 bits per heavy atom. The van der Waals surface area contributed by atoms with Crippen LogP contribution >= 0.6 is 0 Å². The lowest BCUT2D eigenvalue weighted by Gasteiger charge is -2.11. The summed E-state index contributed by atoms with van der Waals surface area (Å²) in [4.78, 5) is 10.3. The zero-order chi connectivity index (χ0) is 35.6. The van der Waals surface area contributed by atoms with Gasteiger partial charge in [-0.15, -0.1) is 0 Å². The summed E-state index contributed by atoms with van der Waals surface area (Å²) >= 11 is 0. The molecule has 0 aliphatic carbocycles. The Bertz CT molecular complexity index is 3100. The maximum absolute atomic E-state index is 6.70. The summed E-state index contributed by atoms with van der Waals surface area (Å²) in [6.45, 7) is 0. The van der Waals surface area contributed by atoms with Gasteiger partial charge in [0.1, 0.15) is 11.2 Å². The molecular weight excluding hydrogens is 659 g/mol. The van der Waals surface area contributed by atoms with Gasteiger partial charge in [0.2, 0.25) is 0 Å². The average molecular weight is 690 g/mol. The summed E-state index contributed by atoms with van der Waals surface area (Å²) in [5.41, 5.74) is 13.5. The maximum atomic E-state index is 6.70. The van der Waals surface area contributed by atoms with Gasteiger partial charge in [-0.25, -0.2) is 9.97 Å². The zero-order valence-electron chi connectivity index (χ0n) is 29.1. The predicted molar refractivity (Wildman–Crippen MR) is 223 cm³/mol. The van der Waals surface area contributed by atoms with Crippen molar-refractivity contribution in [3.8, 4) is 50.6 Å². The summed E-state index contributed by atoms with van der Waals surface area (Å²) in [6.07, 6.45) is 0. The highest BCUT2D eigenvalue weighted by atomic mass is 16.3. The molecule has 0 saturated carbocycles. The van der Waals surface area contributed by atoms with Crippen LogP contribution in [0, 0.1) is 0 Å². The van der Waals surface area contributed by atoms with E-state index in [4.69, 9.17) is 14.4 Å². The summed E-state index contributed by atoms with van der Waals surface area (Å²) in [7, 11) is 0. The van der Waals surface area contributed by atoms with Crippen molar-refractivity contribution in [2.24, 2.45) is 0 Å². The van der Waals surface area contributed by atoms with Gasteiger partial charge < -0.3 is 8.98 Å². The minimum atomic E-state index is 0.675. The van der Waals surface area contributed by atoms with E-state index in [1.54, 1.807) is 0 Å². The SMILES string of the molecule is c1ccc(-c2ccc3c4ccc(-c5ccccc5)cc4n(-c4ccc5c(c4)oc4cccc(-c6nc(-c7ccccc7)c7ccccc7n6)c45)c3c2)cc1. The molecule has 0 aliphatic heterocycles. The first-order chi connectivity index (χ1) is 26.8. The Labute approximate surface area is 311 Å². The van der Waals surface area contributed by atoms with Crippen molar-refractivity contribution in [1.82, 2.24) is 14.5 Å². The van der Waals surface area contributed by atoms with Gasteiger partial charge in [0, 0.05) is 49.8 Å². The van der Waals surface area contributed by atoms with E-state index in [1.807, 2.05) is 30.3 Å². The fourth-order valence-electron chi connectivity index (χ4n) is 8.07. The van der Waals surface area contributed by atoms with Gasteiger partial charge in [0.05, 0.1) is 22.2 Å². The number of rotatable bonds is 5. The molecule has 54 heavy (non-hydrogen) atoms. The molecular formula is C50H31N3O. The quantitative estimate of drug-likeness (QED) is 0.181. The second-order valence-corrected chi connectivity index (χ2v) is 13.8. The van der Waals surface area contributed by atoms with Crippen molar-refractivity contribution in [2.75, 3.05) is 0 Å². The summed E-state index contributed by atoms with van der Waals surface area (Å²) in [5, 5.41) is 5.47. The van der Waals surface area contributed by atoms with Crippen molar-refractivity contribution in [3.05, 3.63) is 188 Å². The lowest BCUT2D eigenvalue weighted by Crippen LogP contribution is -1.95. The van der Waals surface area contributed by atoms with Gasteiger partial charge in [-0.3, -0.25) is 0 Å². The second-order valence-electron chi connectivity index (χ2n) is 13.8. The zero-order valence-corrected chi connectivity index (χ0v) is 29.1. The minimum Gasteiger partial charge on any atom is -0.456 e. The molecule has 11 aromatic rings. The van der Waals surface area contributed by atoms with Gasteiger partial charge in [-0.1, -0.05) is 146 Å². The number of furan rings is 1. The van der Waals surface area contributed by atoms with Gasteiger partial charge >= 0.3 is 0 Å². The van der Waals surface area contributed by atoms with E-state index in [-0.39, 0.29) is 0 Å². The highest BCUT2D eigenvalue weighted by Crippen LogP contribution is 2.41. The van der Waals surface area contributed by atoms with Crippen molar-refractivity contribution < 1.29 is 4.42 Å². The Morgan fingerprint density at radius 1 is 0.389 bits per heavy atom. The molecule has 252 valence electrons. The van der Waals surface area contributed by atoms with E-state index in [0.29, 0.717) is 5.82 Å². The molecule has 0 fully saturated rings. The third kappa shape index (κ3) is 4.85. The van der Waals surface area contributed by atoms with Gasteiger partial charge in [-0.2, -0.15) is 0 Å². The molecule has 0 radical (unpaired) electrons. The Morgan fingerprint density at radius 2 is 0.981 bits per heavy atom. The van der Waals surface area contributed by atoms with E-state index in [0.717, 1.165) is 66.4 Å². The molecule has 8 aromatic carbocycles. The van der Waals surface area contributed by atoms with Crippen molar-refractivity contribution in [2.45, 2.75) is 0 Å². The van der Waals surface area contributed by atoms with E-state index in [1.165, 1.54) is 33.0 Å². The lowest BCUT2D eigenvalue weighted by molar-refractivity contribution is 0.668. The van der Waals surface area contributed by atoms with E-state index in [9.17, 15) is 0 Å². The van der Waals surface area contributed by atoms with Crippen LogP contribution in [0.3, 0.4) is 0 Å². The molecule has 0 aliphatic rings. The molecule has 0 N–H and O–H groups in total. The van der Waals surface area contributed by atoms with E-state index in [2.05, 4.69) is 162 Å². The monoisotopic (exact) mass is 689 g/mol. The number of nitrogens with zero attached hydrogens (tertiary/aromatic N) is 3. The fraction of sp³-hybridized carbons (Fsp3) is 0. The van der Waals surface area contributed by atoms with E-state index < -0.39 is 0 Å². The van der Waals surface area contributed by atoms with Crippen LogP contribution in [0.15, 0.2) is 192 Å². The number of benzene rings is 8. The molecule has 0 unspecified atom stereocenters. The predicted octanol–water partition coefficient (Wildman–Crippen LogP) is 13.3. The van der Waals surface area contributed by atoms with Crippen LogP contribution in [0.25, 0.3) is 105 Å². The van der Waals surface area contributed by atoms with Gasteiger partial charge in [0.15, 0.2) is 5.82 Å². The molecule has 3 heterocycles. The van der Waals surface area contributed by atoms with Crippen LogP contribution in [0.2, 0.25) is 0 Å². The topological polar surface area (TPSA) is 43.9 Å². The standard InChI is InChI=1S/C50H31N3O/c1-4-13-32(14-5-1)35-23-26-38-39-27-24-36(33-15-6-2-7-16-33)30-45(39)53(44(38)29-35)37-25-28-41-47(31-37)54-46-22-12-20-42(48(41)46)50-51-43-21-11-10-19-40(43)49(52-50)34-17-8-3-9-18-34/h1-31H. The number of hydrogen-bond acceptors (Lipinski definition) is 3. The molecule has 4 nitrogen and oxygen atoms in total. The first kappa shape index (κ1) is 30.3. The van der Waals surface area contributed by atoms with Crippen molar-refractivity contribution in [1.29, 1.82) is 0 Å². The summed E-state index contributed by atoms with van der Waals surface area (Å²) < 4.78 is 9.08. The maximum Gasteiger partial charge on any atom is 0.161 e. The van der Waals surface area contributed by atoms with Crippen LogP contribution in [-0.4, -0.2) is 14.5 Å². The van der Waals surface area contributed by atoms with Crippen LogP contribution < -0.4 is 0 Å². The second kappa shape index (κ2) is 12.1. The first-order valence-electron chi connectivity index (χ1n) is 18.2. The largest absolute Gasteiger partial charge is 0.456 e. The number of para-hydroxylation sites is 1. The highest BCUT2D eigenvalue weighted by Gasteiger charge is 2.20. The molecule has 0 saturated heterocycles. The molecule has 0 bridgehead atoms. The third-order valence-electron chi connectivity index (χ3n) is 10.6. The average Bonchev–Trinajstić information content (AvgIpc) is 3.78. The van der Waals surface area contributed by atoms with Crippen LogP contribution in [-0.2, 0) is 0 Å². The van der Waals surface area contributed by atoms with Gasteiger partial charge in [0.25, 0.3) is 0 Å². The minimum absolute atomic E-state index is 0.675. The molecule has 0 spiro atoms. The molecule has 0 atom stereocenters. The number of hydrogen-bond donors (Lipinski definition) is 0. The van der Waals surface area contributed by atoms with Crippen LogP contribution in [0.1, 0.15) is 0 Å². The Hall–Kier alpha value is -7.30. The fourth-order valence-corrected chi connectivity index (χ4v) is 8.07. The van der Waals surface area contributed by atoms with Crippen molar-refractivity contribution >= 4 is 54.6 Å². The molecule has 3 aromatic heterocycles. The molecule has 11 rings (SSSR count). The number of fused-ring (bicyclic) bond motifs is 7. The normalized spacial score (nSPS) is 11.7. The highest BCUT2D eigenvalue weighted by molar-refractivity contribution is 6.14. The van der Waals surface area contributed by atoms with Crippen molar-refractivity contribution in [3.63, 3.8) is 0 Å². The smallest absolute Gasteiger partial charge is 0.161 e. The molecule has 4 heteroatoms. The summed E-state index contributed by atoms with van der Waals surface area (Å²) in [5.74, 6) is 0.675. The Balaban J connectivity index is 1.13. The number of aromatic nitrogens is 3. The van der Waals surface area contributed by atoms with E-state index >= 15 is 0 Å². The third-order valence-corrected chi connectivity index (χ3v) is 10.6. The van der Waals surface area contributed by atoms with Gasteiger partial charge in [-0.05, 0) is 58.7 Å². The summed E-state index contributed by atoms with van der Waals surface area (Å²) in [6, 6.07) is 66.1.